The third kappa shape index (κ3) is 3.78. The first kappa shape index (κ1) is 15.0. The highest BCUT2D eigenvalue weighted by Gasteiger charge is 2.17. The van der Waals surface area contributed by atoms with Gasteiger partial charge >= 0.3 is 12.0 Å². The molecule has 2 heterocycles. The zero-order valence-corrected chi connectivity index (χ0v) is 12.3. The van der Waals surface area contributed by atoms with Gasteiger partial charge in [-0.15, -0.1) is 11.3 Å². The Bertz CT molecular complexity index is 625. The molecule has 112 valence electrons. The van der Waals surface area contributed by atoms with E-state index >= 15 is 0 Å². The van der Waals surface area contributed by atoms with E-state index in [0.717, 1.165) is 0 Å². The molecule has 0 fully saturated rings. The second kappa shape index (κ2) is 6.35. The van der Waals surface area contributed by atoms with E-state index in [4.69, 9.17) is 5.11 Å². The van der Waals surface area contributed by atoms with Crippen LogP contribution in [0.25, 0.3) is 0 Å². The molecule has 0 aliphatic carbocycles. The monoisotopic (exact) mass is 309 g/mol. The van der Waals surface area contributed by atoms with Crippen LogP contribution in [0.2, 0.25) is 0 Å². The molecule has 0 aromatic carbocycles. The summed E-state index contributed by atoms with van der Waals surface area (Å²) >= 11 is 1.19. The van der Waals surface area contributed by atoms with Gasteiger partial charge in [0.2, 0.25) is 0 Å². The number of carbonyl (C=O) groups is 2. The number of carboxylic acid groups (broad SMARTS) is 1. The van der Waals surface area contributed by atoms with Crippen molar-refractivity contribution in [3.05, 3.63) is 34.3 Å². The number of amides is 2. The van der Waals surface area contributed by atoms with Crippen molar-refractivity contribution in [2.24, 2.45) is 0 Å². The van der Waals surface area contributed by atoms with Gasteiger partial charge in [0, 0.05) is 17.8 Å². The van der Waals surface area contributed by atoms with Crippen molar-refractivity contribution in [2.45, 2.75) is 25.9 Å². The Balaban J connectivity index is 1.91. The molecule has 2 unspecified atom stereocenters. The molecule has 0 aliphatic rings. The molecule has 0 spiro atoms. The Kier molecular flexibility index (Phi) is 4.53. The number of imidazole rings is 1. The fourth-order valence-electron chi connectivity index (χ4n) is 1.66. The van der Waals surface area contributed by atoms with E-state index in [1.807, 2.05) is 0 Å². The predicted molar refractivity (Wildman–Crippen MR) is 76.2 cm³/mol. The minimum atomic E-state index is -1.08. The number of aromatic amines is 1. The molecule has 8 nitrogen and oxygen atoms in total. The van der Waals surface area contributed by atoms with Crippen molar-refractivity contribution in [3.8, 4) is 0 Å². The Labute approximate surface area is 124 Å². The topological polar surface area (TPSA) is 120 Å². The molecule has 0 bridgehead atoms. The number of hydrogen-bond donors (Lipinski definition) is 4. The Morgan fingerprint density at radius 1 is 1.33 bits per heavy atom. The molecule has 2 aromatic heterocycles. The van der Waals surface area contributed by atoms with Crippen LogP contribution in [-0.2, 0) is 0 Å². The van der Waals surface area contributed by atoms with Gasteiger partial charge in [-0.25, -0.2) is 19.6 Å². The molecular weight excluding hydrogens is 294 g/mol. The van der Waals surface area contributed by atoms with Crippen molar-refractivity contribution in [1.82, 2.24) is 25.6 Å². The molecule has 2 aromatic rings. The first-order valence-corrected chi connectivity index (χ1v) is 7.10. The van der Waals surface area contributed by atoms with Crippen LogP contribution in [0.1, 0.15) is 47.3 Å². The van der Waals surface area contributed by atoms with Gasteiger partial charge in [-0.2, -0.15) is 0 Å². The van der Waals surface area contributed by atoms with Gasteiger partial charge in [0.1, 0.15) is 10.8 Å². The molecule has 0 saturated heterocycles. The highest BCUT2D eigenvalue weighted by atomic mass is 32.1. The summed E-state index contributed by atoms with van der Waals surface area (Å²) in [7, 11) is 0. The molecule has 2 amide bonds. The summed E-state index contributed by atoms with van der Waals surface area (Å²) < 4.78 is 0. The quantitative estimate of drug-likeness (QED) is 0.670. The molecule has 0 aliphatic heterocycles. The van der Waals surface area contributed by atoms with Crippen LogP contribution in [0, 0.1) is 0 Å². The zero-order chi connectivity index (χ0) is 15.4. The number of nitrogens with zero attached hydrogens (tertiary/aromatic N) is 2. The standard InChI is InChI=1S/C12H15N5O3S/c1-6(9-13-3-4-14-9)15-12(20)16-7(2)10-17-8(5-21-10)11(18)19/h3-7H,1-2H3,(H,13,14)(H,18,19)(H2,15,16,20). The molecule has 9 heteroatoms. The van der Waals surface area contributed by atoms with E-state index in [1.54, 1.807) is 26.2 Å². The van der Waals surface area contributed by atoms with Crippen molar-refractivity contribution < 1.29 is 14.7 Å². The van der Waals surface area contributed by atoms with Crippen LogP contribution in [-0.4, -0.2) is 32.1 Å². The first-order chi connectivity index (χ1) is 9.97. The average Bonchev–Trinajstić information content (AvgIpc) is 3.10. The van der Waals surface area contributed by atoms with Crippen molar-refractivity contribution in [2.75, 3.05) is 0 Å². The van der Waals surface area contributed by atoms with Gasteiger partial charge < -0.3 is 20.7 Å². The fraction of sp³-hybridized carbons (Fsp3) is 0.333. The summed E-state index contributed by atoms with van der Waals surface area (Å²) in [6.07, 6.45) is 3.29. The van der Waals surface area contributed by atoms with Gasteiger partial charge in [-0.05, 0) is 13.8 Å². The molecule has 2 atom stereocenters. The van der Waals surface area contributed by atoms with Crippen molar-refractivity contribution in [1.29, 1.82) is 0 Å². The molecule has 2 rings (SSSR count). The summed E-state index contributed by atoms with van der Waals surface area (Å²) in [5.74, 6) is -0.430. The van der Waals surface area contributed by atoms with Crippen LogP contribution in [0.3, 0.4) is 0 Å². The maximum absolute atomic E-state index is 11.9. The van der Waals surface area contributed by atoms with Crippen LogP contribution >= 0.6 is 11.3 Å². The van der Waals surface area contributed by atoms with E-state index in [2.05, 4.69) is 25.6 Å². The predicted octanol–water partition coefficient (Wildman–Crippen LogP) is 1.69. The van der Waals surface area contributed by atoms with Gasteiger partial charge in [-0.3, -0.25) is 0 Å². The zero-order valence-electron chi connectivity index (χ0n) is 11.5. The number of thiazole rings is 1. The number of aromatic nitrogens is 3. The SMILES string of the molecule is CC(NC(=O)NC(C)c1nc(C(=O)O)cs1)c1ncc[nH]1. The number of rotatable bonds is 5. The number of hydrogen-bond acceptors (Lipinski definition) is 5. The smallest absolute Gasteiger partial charge is 0.355 e. The molecule has 21 heavy (non-hydrogen) atoms. The number of nitrogens with one attached hydrogen (secondary N) is 3. The lowest BCUT2D eigenvalue weighted by Crippen LogP contribution is -2.38. The van der Waals surface area contributed by atoms with Crippen molar-refractivity contribution >= 4 is 23.3 Å². The summed E-state index contributed by atoms with van der Waals surface area (Å²) in [6.45, 7) is 3.54. The number of H-pyrrole nitrogens is 1. The van der Waals surface area contributed by atoms with Gasteiger partial charge in [0.15, 0.2) is 5.69 Å². The summed E-state index contributed by atoms with van der Waals surface area (Å²) in [5.41, 5.74) is -0.0204. The summed E-state index contributed by atoms with van der Waals surface area (Å²) in [5, 5.41) is 16.2. The Morgan fingerprint density at radius 2 is 2.05 bits per heavy atom. The minimum Gasteiger partial charge on any atom is -0.476 e. The second-order valence-corrected chi connectivity index (χ2v) is 5.30. The number of carbonyl (C=O) groups excluding carboxylic acids is 1. The summed E-state index contributed by atoms with van der Waals surface area (Å²) in [4.78, 5) is 33.6. The van der Waals surface area contributed by atoms with E-state index in [9.17, 15) is 9.59 Å². The van der Waals surface area contributed by atoms with E-state index in [0.29, 0.717) is 10.8 Å². The average molecular weight is 309 g/mol. The highest BCUT2D eigenvalue weighted by Crippen LogP contribution is 2.18. The lowest BCUT2D eigenvalue weighted by molar-refractivity contribution is 0.0691. The lowest BCUT2D eigenvalue weighted by Gasteiger charge is -2.15. The number of aromatic carboxylic acids is 1. The van der Waals surface area contributed by atoms with Crippen molar-refractivity contribution in [3.63, 3.8) is 0 Å². The Morgan fingerprint density at radius 3 is 2.62 bits per heavy atom. The number of urea groups is 1. The molecule has 4 N–H and O–H groups in total. The van der Waals surface area contributed by atoms with Crippen LogP contribution in [0.4, 0.5) is 4.79 Å². The van der Waals surface area contributed by atoms with Gasteiger partial charge in [0.05, 0.1) is 12.1 Å². The number of carboxylic acids is 1. The third-order valence-corrected chi connectivity index (χ3v) is 3.76. The van der Waals surface area contributed by atoms with Crippen LogP contribution in [0.5, 0.6) is 0 Å². The fourth-order valence-corrected chi connectivity index (χ4v) is 2.46. The first-order valence-electron chi connectivity index (χ1n) is 6.22. The maximum atomic E-state index is 11.9. The lowest BCUT2D eigenvalue weighted by atomic mass is 10.3. The van der Waals surface area contributed by atoms with E-state index < -0.39 is 5.97 Å². The third-order valence-electron chi connectivity index (χ3n) is 2.74. The molecular formula is C12H15N5O3S. The Hall–Kier alpha value is -2.42. The van der Waals surface area contributed by atoms with Gasteiger partial charge in [0.25, 0.3) is 0 Å². The van der Waals surface area contributed by atoms with E-state index in [1.165, 1.54) is 16.7 Å². The normalized spacial score (nSPS) is 13.4. The van der Waals surface area contributed by atoms with Crippen LogP contribution < -0.4 is 10.6 Å². The van der Waals surface area contributed by atoms with Crippen LogP contribution in [0.15, 0.2) is 17.8 Å². The highest BCUT2D eigenvalue weighted by molar-refractivity contribution is 7.09. The molecule has 0 saturated carbocycles. The largest absolute Gasteiger partial charge is 0.476 e. The summed E-state index contributed by atoms with van der Waals surface area (Å²) in [6, 6.07) is -1.02. The second-order valence-electron chi connectivity index (χ2n) is 4.41. The molecule has 0 radical (unpaired) electrons. The van der Waals surface area contributed by atoms with E-state index in [-0.39, 0.29) is 23.8 Å². The van der Waals surface area contributed by atoms with Gasteiger partial charge in [-0.1, -0.05) is 0 Å². The minimum absolute atomic E-state index is 0.0204. The maximum Gasteiger partial charge on any atom is 0.355 e.